The van der Waals surface area contributed by atoms with Crippen molar-refractivity contribution in [2.24, 2.45) is 5.92 Å². The van der Waals surface area contributed by atoms with Gasteiger partial charge in [-0.1, -0.05) is 61.8 Å². The number of amides is 1. The number of carbonyl (C=O) groups is 1. The van der Waals surface area contributed by atoms with Gasteiger partial charge in [0.2, 0.25) is 0 Å². The fourth-order valence-corrected chi connectivity index (χ4v) is 2.91. The highest BCUT2D eigenvalue weighted by molar-refractivity contribution is 6.33. The van der Waals surface area contributed by atoms with Crippen LogP contribution in [0.3, 0.4) is 0 Å². The molecule has 3 N–H and O–H groups in total. The molecular formula is C19H24ClN2O+. The van der Waals surface area contributed by atoms with Gasteiger partial charge in [-0.15, -0.1) is 0 Å². The molecule has 0 aliphatic rings. The number of hydrogen-bond donors (Lipinski definition) is 2. The van der Waals surface area contributed by atoms with E-state index in [1.165, 1.54) is 5.56 Å². The van der Waals surface area contributed by atoms with Crippen LogP contribution >= 0.6 is 11.6 Å². The lowest BCUT2D eigenvalue weighted by Crippen LogP contribution is -2.88. The number of halogens is 1. The molecule has 0 aromatic heterocycles. The zero-order valence-corrected chi connectivity index (χ0v) is 14.6. The molecular weight excluding hydrogens is 308 g/mol. The van der Waals surface area contributed by atoms with Crippen LogP contribution in [0.4, 0.5) is 5.69 Å². The van der Waals surface area contributed by atoms with Crippen molar-refractivity contribution in [3.63, 3.8) is 0 Å². The Balaban J connectivity index is 1.97. The van der Waals surface area contributed by atoms with Gasteiger partial charge in [-0.3, -0.25) is 4.79 Å². The lowest BCUT2D eigenvalue weighted by atomic mass is 9.96. The summed E-state index contributed by atoms with van der Waals surface area (Å²) in [7, 11) is 0. The SMILES string of the molecule is Cc1ccc(NC(=O)C[NH2+][C@H](c2ccccc2)C(C)C)c(Cl)c1. The molecule has 0 saturated heterocycles. The van der Waals surface area contributed by atoms with Crippen molar-refractivity contribution in [1.82, 2.24) is 0 Å². The monoisotopic (exact) mass is 331 g/mol. The van der Waals surface area contributed by atoms with E-state index in [0.717, 1.165) is 5.56 Å². The molecule has 0 aliphatic carbocycles. The summed E-state index contributed by atoms with van der Waals surface area (Å²) < 4.78 is 0. The van der Waals surface area contributed by atoms with Gasteiger partial charge in [0.1, 0.15) is 6.04 Å². The minimum Gasteiger partial charge on any atom is -0.332 e. The summed E-state index contributed by atoms with van der Waals surface area (Å²) in [6, 6.07) is 16.2. The average Bonchev–Trinajstić information content (AvgIpc) is 2.51. The smallest absolute Gasteiger partial charge is 0.279 e. The molecule has 122 valence electrons. The second kappa shape index (κ2) is 8.14. The van der Waals surface area contributed by atoms with Crippen LogP contribution in [0, 0.1) is 12.8 Å². The van der Waals surface area contributed by atoms with E-state index in [1.807, 2.05) is 43.3 Å². The van der Waals surface area contributed by atoms with E-state index < -0.39 is 0 Å². The largest absolute Gasteiger partial charge is 0.332 e. The normalized spacial score (nSPS) is 12.2. The van der Waals surface area contributed by atoms with E-state index in [9.17, 15) is 4.79 Å². The van der Waals surface area contributed by atoms with Gasteiger partial charge in [-0.2, -0.15) is 0 Å². The molecule has 0 radical (unpaired) electrons. The highest BCUT2D eigenvalue weighted by Crippen LogP contribution is 2.22. The van der Waals surface area contributed by atoms with E-state index >= 15 is 0 Å². The Labute approximate surface area is 143 Å². The van der Waals surface area contributed by atoms with Crippen molar-refractivity contribution in [3.8, 4) is 0 Å². The Kier molecular flexibility index (Phi) is 6.20. The van der Waals surface area contributed by atoms with Crippen molar-refractivity contribution >= 4 is 23.2 Å². The number of hydrogen-bond acceptors (Lipinski definition) is 1. The summed E-state index contributed by atoms with van der Waals surface area (Å²) >= 11 is 6.16. The summed E-state index contributed by atoms with van der Waals surface area (Å²) in [6.45, 7) is 6.67. The van der Waals surface area contributed by atoms with Crippen molar-refractivity contribution in [1.29, 1.82) is 0 Å². The molecule has 1 atom stereocenters. The maximum Gasteiger partial charge on any atom is 0.279 e. The number of rotatable bonds is 6. The molecule has 4 heteroatoms. The van der Waals surface area contributed by atoms with E-state index in [0.29, 0.717) is 23.2 Å². The first-order valence-corrected chi connectivity index (χ1v) is 8.29. The molecule has 1 amide bonds. The number of anilines is 1. The maximum absolute atomic E-state index is 12.2. The third-order valence-electron chi connectivity index (χ3n) is 3.86. The molecule has 0 saturated carbocycles. The van der Waals surface area contributed by atoms with Crippen LogP contribution in [0.1, 0.15) is 31.0 Å². The molecule has 2 aromatic rings. The van der Waals surface area contributed by atoms with Gasteiger partial charge in [0.05, 0.1) is 10.7 Å². The number of carbonyl (C=O) groups excluding carboxylic acids is 1. The zero-order valence-electron chi connectivity index (χ0n) is 13.8. The molecule has 0 unspecified atom stereocenters. The fraction of sp³-hybridized carbons (Fsp3) is 0.316. The van der Waals surface area contributed by atoms with E-state index in [1.54, 1.807) is 0 Å². The minimum absolute atomic E-state index is 0.0441. The topological polar surface area (TPSA) is 45.7 Å². The number of nitrogens with two attached hydrogens (primary N) is 1. The van der Waals surface area contributed by atoms with Crippen molar-refractivity contribution in [2.45, 2.75) is 26.8 Å². The summed E-state index contributed by atoms with van der Waals surface area (Å²) in [6.07, 6.45) is 0. The van der Waals surface area contributed by atoms with Crippen molar-refractivity contribution in [2.75, 3.05) is 11.9 Å². The standard InChI is InChI=1S/C19H23ClN2O/c1-13(2)19(15-7-5-4-6-8-15)21-12-18(23)22-17-10-9-14(3)11-16(17)20/h4-11,13,19,21H,12H2,1-3H3,(H,22,23)/p+1/t19-/m0/s1. The predicted octanol–water partition coefficient (Wildman–Crippen LogP) is 3.55. The Bertz CT molecular complexity index is 656. The number of benzene rings is 2. The summed E-state index contributed by atoms with van der Waals surface area (Å²) in [5, 5.41) is 5.53. The summed E-state index contributed by atoms with van der Waals surface area (Å²) in [5.41, 5.74) is 2.98. The van der Waals surface area contributed by atoms with Gasteiger partial charge in [0.25, 0.3) is 5.91 Å². The second-order valence-corrected chi connectivity index (χ2v) is 6.56. The lowest BCUT2D eigenvalue weighted by molar-refractivity contribution is -0.692. The van der Waals surface area contributed by atoms with Crippen LogP contribution in [0.5, 0.6) is 0 Å². The molecule has 0 heterocycles. The fourth-order valence-electron chi connectivity index (χ4n) is 2.63. The van der Waals surface area contributed by atoms with E-state index in [2.05, 4.69) is 36.6 Å². The zero-order chi connectivity index (χ0) is 16.8. The quantitative estimate of drug-likeness (QED) is 0.835. The maximum atomic E-state index is 12.2. The molecule has 0 fully saturated rings. The molecule has 2 rings (SSSR count). The predicted molar refractivity (Wildman–Crippen MR) is 95.6 cm³/mol. The average molecular weight is 332 g/mol. The molecule has 2 aromatic carbocycles. The lowest BCUT2D eigenvalue weighted by Gasteiger charge is -2.19. The number of quaternary nitrogens is 1. The Morgan fingerprint density at radius 2 is 1.87 bits per heavy atom. The number of nitrogens with one attached hydrogen (secondary N) is 1. The van der Waals surface area contributed by atoms with Gasteiger partial charge in [-0.05, 0) is 24.6 Å². The van der Waals surface area contributed by atoms with Gasteiger partial charge in [0.15, 0.2) is 6.54 Å². The van der Waals surface area contributed by atoms with Gasteiger partial charge >= 0.3 is 0 Å². The first kappa shape index (κ1) is 17.5. The van der Waals surface area contributed by atoms with Crippen LogP contribution in [-0.2, 0) is 4.79 Å². The molecule has 23 heavy (non-hydrogen) atoms. The highest BCUT2D eigenvalue weighted by Gasteiger charge is 2.20. The van der Waals surface area contributed by atoms with Crippen LogP contribution in [0.15, 0.2) is 48.5 Å². The van der Waals surface area contributed by atoms with Crippen LogP contribution in [0.2, 0.25) is 5.02 Å². The molecule has 0 spiro atoms. The van der Waals surface area contributed by atoms with Gasteiger partial charge < -0.3 is 10.6 Å². The van der Waals surface area contributed by atoms with Crippen molar-refractivity contribution in [3.05, 3.63) is 64.7 Å². The van der Waals surface area contributed by atoms with Gasteiger partial charge in [-0.25, -0.2) is 0 Å². The van der Waals surface area contributed by atoms with E-state index in [4.69, 9.17) is 11.6 Å². The third-order valence-corrected chi connectivity index (χ3v) is 4.17. The first-order valence-electron chi connectivity index (χ1n) is 7.91. The Hall–Kier alpha value is -1.84. The van der Waals surface area contributed by atoms with Crippen LogP contribution in [0.25, 0.3) is 0 Å². The van der Waals surface area contributed by atoms with Crippen molar-refractivity contribution < 1.29 is 10.1 Å². The summed E-state index contributed by atoms with van der Waals surface area (Å²) in [5.74, 6) is 0.394. The van der Waals surface area contributed by atoms with Crippen LogP contribution in [-0.4, -0.2) is 12.5 Å². The highest BCUT2D eigenvalue weighted by atomic mass is 35.5. The second-order valence-electron chi connectivity index (χ2n) is 6.15. The molecule has 0 aliphatic heterocycles. The molecule has 3 nitrogen and oxygen atoms in total. The first-order chi connectivity index (χ1) is 11.0. The Morgan fingerprint density at radius 1 is 1.17 bits per heavy atom. The summed E-state index contributed by atoms with van der Waals surface area (Å²) in [4.78, 5) is 12.2. The van der Waals surface area contributed by atoms with Crippen LogP contribution < -0.4 is 10.6 Å². The minimum atomic E-state index is -0.0441. The third kappa shape index (κ3) is 5.08. The Morgan fingerprint density at radius 3 is 2.48 bits per heavy atom. The van der Waals surface area contributed by atoms with E-state index in [-0.39, 0.29) is 11.9 Å². The molecule has 0 bridgehead atoms. The number of aryl methyl sites for hydroxylation is 1. The van der Waals surface area contributed by atoms with Gasteiger partial charge in [0, 0.05) is 11.5 Å².